The molecule has 10 heavy (non-hydrogen) atoms. The minimum absolute atomic E-state index is 0.309. The van der Waals surface area contributed by atoms with Crippen molar-refractivity contribution in [3.05, 3.63) is 17.8 Å². The second-order valence-corrected chi connectivity index (χ2v) is 2.07. The molecule has 0 N–H and O–H groups in total. The Morgan fingerprint density at radius 3 is 3.10 bits per heavy atom. The van der Waals surface area contributed by atoms with Crippen LogP contribution < -0.4 is 0 Å². The minimum Gasteiger partial charge on any atom is -0.447 e. The highest BCUT2D eigenvalue weighted by atomic mass is 35.5. The van der Waals surface area contributed by atoms with E-state index in [9.17, 15) is 0 Å². The van der Waals surface area contributed by atoms with Crippen LogP contribution in [0.2, 0.25) is 0 Å². The summed E-state index contributed by atoms with van der Waals surface area (Å²) in [7, 11) is 1.61. The first-order chi connectivity index (χ1) is 4.86. The van der Waals surface area contributed by atoms with Gasteiger partial charge in [0.25, 0.3) is 0 Å². The smallest absolute Gasteiger partial charge is 0.209 e. The van der Waals surface area contributed by atoms with Crippen LogP contribution >= 0.6 is 11.6 Å². The first-order valence-corrected chi connectivity index (χ1v) is 3.38. The number of hydrogen-bond donors (Lipinski definition) is 0. The standard InChI is InChI=1S/C6H8ClNO2/c1-9-3-5-4-10-6(2-7)8-5/h4H,2-3H2,1H3. The van der Waals surface area contributed by atoms with Crippen LogP contribution in [0.4, 0.5) is 0 Å². The topological polar surface area (TPSA) is 35.3 Å². The fourth-order valence-electron chi connectivity index (χ4n) is 0.624. The SMILES string of the molecule is COCc1coc(CCl)n1. The van der Waals surface area contributed by atoms with Gasteiger partial charge in [0.1, 0.15) is 12.0 Å². The predicted octanol–water partition coefficient (Wildman–Crippen LogP) is 1.56. The number of alkyl halides is 1. The molecule has 0 radical (unpaired) electrons. The molecule has 1 heterocycles. The molecule has 4 heteroatoms. The molecular formula is C6H8ClNO2. The molecule has 1 rings (SSSR count). The molecule has 1 aromatic rings. The Labute approximate surface area is 64.0 Å². The summed E-state index contributed by atoms with van der Waals surface area (Å²) in [5.74, 6) is 0.845. The number of halogens is 1. The van der Waals surface area contributed by atoms with Gasteiger partial charge < -0.3 is 9.15 Å². The third-order valence-corrected chi connectivity index (χ3v) is 1.23. The van der Waals surface area contributed by atoms with Crippen LogP contribution in [0.1, 0.15) is 11.6 Å². The average Bonchev–Trinajstić information content (AvgIpc) is 2.37. The van der Waals surface area contributed by atoms with E-state index in [0.29, 0.717) is 18.4 Å². The Balaban J connectivity index is 2.59. The maximum Gasteiger partial charge on any atom is 0.209 e. The van der Waals surface area contributed by atoms with Crippen molar-refractivity contribution in [3.63, 3.8) is 0 Å². The summed E-state index contributed by atoms with van der Waals surface area (Å²) >= 11 is 5.44. The number of ether oxygens (including phenoxy) is 1. The predicted molar refractivity (Wildman–Crippen MR) is 36.8 cm³/mol. The highest BCUT2D eigenvalue weighted by Crippen LogP contribution is 2.04. The highest BCUT2D eigenvalue weighted by molar-refractivity contribution is 6.16. The fourth-order valence-corrected chi connectivity index (χ4v) is 0.747. The molecule has 0 saturated carbocycles. The Hall–Kier alpha value is -0.540. The van der Waals surface area contributed by atoms with Gasteiger partial charge in [-0.1, -0.05) is 0 Å². The minimum atomic E-state index is 0.309. The summed E-state index contributed by atoms with van der Waals surface area (Å²) < 4.78 is 9.76. The van der Waals surface area contributed by atoms with Gasteiger partial charge in [-0.05, 0) is 0 Å². The van der Waals surface area contributed by atoms with Crippen molar-refractivity contribution in [1.29, 1.82) is 0 Å². The number of hydrogen-bond acceptors (Lipinski definition) is 3. The molecule has 0 aliphatic carbocycles. The zero-order valence-corrected chi connectivity index (χ0v) is 6.39. The molecule has 0 unspecified atom stereocenters. The summed E-state index contributed by atoms with van der Waals surface area (Å²) in [6.45, 7) is 0.473. The number of oxazole rings is 1. The largest absolute Gasteiger partial charge is 0.447 e. The van der Waals surface area contributed by atoms with Gasteiger partial charge >= 0.3 is 0 Å². The van der Waals surface area contributed by atoms with E-state index in [-0.39, 0.29) is 0 Å². The van der Waals surface area contributed by atoms with Crippen molar-refractivity contribution < 1.29 is 9.15 Å². The highest BCUT2D eigenvalue weighted by Gasteiger charge is 2.00. The van der Waals surface area contributed by atoms with E-state index >= 15 is 0 Å². The quantitative estimate of drug-likeness (QED) is 0.632. The van der Waals surface area contributed by atoms with Gasteiger partial charge in [0.15, 0.2) is 0 Å². The molecule has 0 spiro atoms. The summed E-state index contributed by atoms with van der Waals surface area (Å²) in [5, 5.41) is 0. The monoisotopic (exact) mass is 161 g/mol. The van der Waals surface area contributed by atoms with Crippen molar-refractivity contribution in [2.75, 3.05) is 7.11 Å². The first-order valence-electron chi connectivity index (χ1n) is 2.85. The van der Waals surface area contributed by atoms with Gasteiger partial charge in [-0.25, -0.2) is 4.98 Å². The zero-order chi connectivity index (χ0) is 7.40. The van der Waals surface area contributed by atoms with Crippen molar-refractivity contribution in [3.8, 4) is 0 Å². The summed E-state index contributed by atoms with van der Waals surface area (Å²) in [6, 6.07) is 0. The molecule has 56 valence electrons. The van der Waals surface area contributed by atoms with Gasteiger partial charge in [-0.2, -0.15) is 0 Å². The summed E-state index contributed by atoms with van der Waals surface area (Å²) in [6.07, 6.45) is 1.54. The second kappa shape index (κ2) is 3.58. The van der Waals surface area contributed by atoms with Gasteiger partial charge in [0.05, 0.1) is 12.5 Å². The Morgan fingerprint density at radius 2 is 2.60 bits per heavy atom. The molecule has 1 aromatic heterocycles. The van der Waals surface area contributed by atoms with Gasteiger partial charge in [-0.15, -0.1) is 11.6 Å². The van der Waals surface area contributed by atoms with Crippen LogP contribution in [0.15, 0.2) is 10.7 Å². The van der Waals surface area contributed by atoms with E-state index in [1.54, 1.807) is 13.4 Å². The molecule has 0 fully saturated rings. The van der Waals surface area contributed by atoms with Crippen molar-refractivity contribution in [1.82, 2.24) is 4.98 Å². The molecule has 0 aromatic carbocycles. The molecule has 0 aliphatic heterocycles. The number of rotatable bonds is 3. The third kappa shape index (κ3) is 1.72. The maximum absolute atomic E-state index is 5.44. The molecule has 0 saturated heterocycles. The molecule has 3 nitrogen and oxygen atoms in total. The Kier molecular flexibility index (Phi) is 2.71. The molecule has 0 atom stereocenters. The Morgan fingerprint density at radius 1 is 1.80 bits per heavy atom. The fraction of sp³-hybridized carbons (Fsp3) is 0.500. The van der Waals surface area contributed by atoms with E-state index in [1.807, 2.05) is 0 Å². The number of methoxy groups -OCH3 is 1. The van der Waals surface area contributed by atoms with E-state index in [4.69, 9.17) is 20.8 Å². The van der Waals surface area contributed by atoms with Crippen LogP contribution in [-0.4, -0.2) is 12.1 Å². The maximum atomic E-state index is 5.44. The summed E-state index contributed by atoms with van der Waals surface area (Å²) in [4.78, 5) is 3.99. The summed E-state index contributed by atoms with van der Waals surface area (Å²) in [5.41, 5.74) is 0.776. The Bertz CT molecular complexity index is 199. The lowest BCUT2D eigenvalue weighted by Gasteiger charge is -1.87. The molecule has 0 bridgehead atoms. The van der Waals surface area contributed by atoms with Crippen molar-refractivity contribution in [2.45, 2.75) is 12.5 Å². The molecule has 0 amide bonds. The zero-order valence-electron chi connectivity index (χ0n) is 5.63. The molecule has 0 aliphatic rings. The van der Waals surface area contributed by atoms with Crippen LogP contribution in [0, 0.1) is 0 Å². The second-order valence-electron chi connectivity index (χ2n) is 1.80. The van der Waals surface area contributed by atoms with Crippen LogP contribution in [0.25, 0.3) is 0 Å². The van der Waals surface area contributed by atoms with Crippen LogP contribution in [0.3, 0.4) is 0 Å². The number of aromatic nitrogens is 1. The van der Waals surface area contributed by atoms with Crippen molar-refractivity contribution in [2.24, 2.45) is 0 Å². The van der Waals surface area contributed by atoms with E-state index in [2.05, 4.69) is 4.98 Å². The normalized spacial score (nSPS) is 10.2. The van der Waals surface area contributed by atoms with Crippen LogP contribution in [-0.2, 0) is 17.2 Å². The van der Waals surface area contributed by atoms with E-state index < -0.39 is 0 Å². The average molecular weight is 162 g/mol. The molecular weight excluding hydrogens is 154 g/mol. The van der Waals surface area contributed by atoms with Gasteiger partial charge in [0, 0.05) is 7.11 Å². The van der Waals surface area contributed by atoms with E-state index in [0.717, 1.165) is 5.69 Å². The first kappa shape index (κ1) is 7.57. The van der Waals surface area contributed by atoms with Crippen molar-refractivity contribution >= 4 is 11.6 Å². The van der Waals surface area contributed by atoms with Gasteiger partial charge in [0.2, 0.25) is 5.89 Å². The third-order valence-electron chi connectivity index (χ3n) is 1.01. The lowest BCUT2D eigenvalue weighted by molar-refractivity contribution is 0.181. The van der Waals surface area contributed by atoms with Gasteiger partial charge in [-0.3, -0.25) is 0 Å². The lowest BCUT2D eigenvalue weighted by atomic mass is 10.5. The number of nitrogens with zero attached hydrogens (tertiary/aromatic N) is 1. The lowest BCUT2D eigenvalue weighted by Crippen LogP contribution is -1.87. The van der Waals surface area contributed by atoms with E-state index in [1.165, 1.54) is 0 Å². The van der Waals surface area contributed by atoms with Crippen LogP contribution in [0.5, 0.6) is 0 Å².